The predicted octanol–water partition coefficient (Wildman–Crippen LogP) is 2.25. The highest BCUT2D eigenvalue weighted by Crippen LogP contribution is 2.34. The number of nitrogens with zero attached hydrogens (tertiary/aromatic N) is 3. The van der Waals surface area contributed by atoms with E-state index < -0.39 is 15.7 Å². The molecule has 29 heavy (non-hydrogen) atoms. The number of sulfone groups is 1. The third-order valence-corrected chi connectivity index (χ3v) is 5.50. The Balaban J connectivity index is 1.47. The Hall–Kier alpha value is -3.01. The van der Waals surface area contributed by atoms with Crippen LogP contribution in [0.4, 0.5) is 0 Å². The van der Waals surface area contributed by atoms with E-state index in [2.05, 4.69) is 20.4 Å². The van der Waals surface area contributed by atoms with Gasteiger partial charge in [0.05, 0.1) is 6.04 Å². The molecule has 3 aromatic rings. The van der Waals surface area contributed by atoms with Gasteiger partial charge in [0, 0.05) is 18.2 Å². The molecule has 0 radical (unpaired) electrons. The minimum absolute atomic E-state index is 0.000625. The Morgan fingerprint density at radius 3 is 2.83 bits per heavy atom. The first kappa shape index (κ1) is 19.3. The summed E-state index contributed by atoms with van der Waals surface area (Å²) in [5, 5.41) is 6.94. The molecule has 4 rings (SSSR count). The average molecular weight is 416 g/mol. The SMILES string of the molecule is CCc1nc(-c2ccc3c(c2)CCC3NC(=O)c2coc(CS(C)(=O)=O)n2)no1. The molecule has 0 spiro atoms. The van der Waals surface area contributed by atoms with E-state index in [1.54, 1.807) is 0 Å². The van der Waals surface area contributed by atoms with Crippen molar-refractivity contribution in [2.24, 2.45) is 0 Å². The van der Waals surface area contributed by atoms with Gasteiger partial charge in [0.2, 0.25) is 17.6 Å². The molecule has 2 heterocycles. The molecular weight excluding hydrogens is 396 g/mol. The number of rotatable bonds is 6. The maximum absolute atomic E-state index is 12.5. The number of aryl methyl sites for hydroxylation is 2. The van der Waals surface area contributed by atoms with Crippen LogP contribution in [0.5, 0.6) is 0 Å². The summed E-state index contributed by atoms with van der Waals surface area (Å²) in [7, 11) is -3.28. The second-order valence-corrected chi connectivity index (χ2v) is 9.18. The summed E-state index contributed by atoms with van der Waals surface area (Å²) in [4.78, 5) is 20.8. The Kier molecular flexibility index (Phi) is 4.95. The zero-order valence-electron chi connectivity index (χ0n) is 16.0. The maximum atomic E-state index is 12.5. The molecule has 1 unspecified atom stereocenters. The fourth-order valence-electron chi connectivity index (χ4n) is 3.36. The van der Waals surface area contributed by atoms with Crippen LogP contribution in [0.25, 0.3) is 11.4 Å². The Bertz CT molecular complexity index is 1160. The number of amides is 1. The summed E-state index contributed by atoms with van der Waals surface area (Å²) < 4.78 is 32.9. The lowest BCUT2D eigenvalue weighted by atomic mass is 10.0. The summed E-state index contributed by atoms with van der Waals surface area (Å²) in [5.41, 5.74) is 3.09. The predicted molar refractivity (Wildman–Crippen MR) is 103 cm³/mol. The second kappa shape index (κ2) is 7.43. The fourth-order valence-corrected chi connectivity index (χ4v) is 3.94. The number of hydrogen-bond acceptors (Lipinski definition) is 8. The Morgan fingerprint density at radius 2 is 2.10 bits per heavy atom. The van der Waals surface area contributed by atoms with E-state index in [4.69, 9.17) is 8.94 Å². The number of oxazole rings is 1. The van der Waals surface area contributed by atoms with Crippen molar-refractivity contribution in [2.45, 2.75) is 38.0 Å². The molecule has 1 N–H and O–H groups in total. The molecule has 0 fully saturated rings. The zero-order valence-corrected chi connectivity index (χ0v) is 16.8. The van der Waals surface area contributed by atoms with Crippen LogP contribution in [0, 0.1) is 0 Å². The van der Waals surface area contributed by atoms with Crippen molar-refractivity contribution in [3.8, 4) is 11.4 Å². The van der Waals surface area contributed by atoms with E-state index in [0.29, 0.717) is 18.1 Å². The van der Waals surface area contributed by atoms with Crippen molar-refractivity contribution in [3.63, 3.8) is 0 Å². The highest BCUT2D eigenvalue weighted by molar-refractivity contribution is 7.89. The number of aromatic nitrogens is 3. The van der Waals surface area contributed by atoms with Crippen LogP contribution in [-0.4, -0.2) is 35.7 Å². The van der Waals surface area contributed by atoms with Gasteiger partial charge in [-0.3, -0.25) is 4.79 Å². The van der Waals surface area contributed by atoms with Crippen LogP contribution in [0.2, 0.25) is 0 Å². The van der Waals surface area contributed by atoms with Gasteiger partial charge in [-0.25, -0.2) is 13.4 Å². The highest BCUT2D eigenvalue weighted by Gasteiger charge is 2.26. The number of nitrogens with one attached hydrogen (secondary N) is 1. The third-order valence-electron chi connectivity index (χ3n) is 4.72. The van der Waals surface area contributed by atoms with Gasteiger partial charge < -0.3 is 14.3 Å². The molecule has 9 nitrogen and oxygen atoms in total. The van der Waals surface area contributed by atoms with E-state index in [0.717, 1.165) is 35.8 Å². The van der Waals surface area contributed by atoms with E-state index in [9.17, 15) is 13.2 Å². The molecular formula is C19H20N4O5S. The van der Waals surface area contributed by atoms with Crippen molar-refractivity contribution in [3.05, 3.63) is 53.1 Å². The number of benzene rings is 1. The van der Waals surface area contributed by atoms with Gasteiger partial charge in [-0.1, -0.05) is 24.2 Å². The van der Waals surface area contributed by atoms with Crippen LogP contribution in [-0.2, 0) is 28.4 Å². The second-order valence-electron chi connectivity index (χ2n) is 7.04. The van der Waals surface area contributed by atoms with Crippen molar-refractivity contribution >= 4 is 15.7 Å². The highest BCUT2D eigenvalue weighted by atomic mass is 32.2. The van der Waals surface area contributed by atoms with Crippen LogP contribution < -0.4 is 5.32 Å². The lowest BCUT2D eigenvalue weighted by Gasteiger charge is -2.13. The van der Waals surface area contributed by atoms with E-state index in [1.807, 2.05) is 25.1 Å². The molecule has 1 aliphatic carbocycles. The smallest absolute Gasteiger partial charge is 0.273 e. The summed E-state index contributed by atoms with van der Waals surface area (Å²) in [6.07, 6.45) is 4.50. The maximum Gasteiger partial charge on any atom is 0.273 e. The summed E-state index contributed by atoms with van der Waals surface area (Å²) in [6.45, 7) is 1.95. The van der Waals surface area contributed by atoms with Crippen LogP contribution >= 0.6 is 0 Å². The molecule has 1 atom stereocenters. The quantitative estimate of drug-likeness (QED) is 0.648. The molecule has 1 amide bonds. The first-order chi connectivity index (χ1) is 13.8. The largest absolute Gasteiger partial charge is 0.447 e. The summed E-state index contributed by atoms with van der Waals surface area (Å²) in [5.74, 6) is 0.402. The minimum atomic E-state index is -3.28. The molecule has 1 aromatic carbocycles. The van der Waals surface area contributed by atoms with Crippen molar-refractivity contribution in [2.75, 3.05) is 6.26 Å². The van der Waals surface area contributed by atoms with Gasteiger partial charge in [0.1, 0.15) is 12.0 Å². The lowest BCUT2D eigenvalue weighted by Crippen LogP contribution is -2.27. The van der Waals surface area contributed by atoms with Gasteiger partial charge in [0.15, 0.2) is 15.5 Å². The van der Waals surface area contributed by atoms with Gasteiger partial charge in [0.25, 0.3) is 5.91 Å². The molecule has 0 saturated carbocycles. The third kappa shape index (κ3) is 4.21. The molecule has 10 heteroatoms. The van der Waals surface area contributed by atoms with Crippen molar-refractivity contribution in [1.29, 1.82) is 0 Å². The van der Waals surface area contributed by atoms with E-state index in [-0.39, 0.29) is 23.4 Å². The molecule has 0 saturated heterocycles. The molecule has 2 aromatic heterocycles. The topological polar surface area (TPSA) is 128 Å². The van der Waals surface area contributed by atoms with Crippen molar-refractivity contribution < 1.29 is 22.2 Å². The normalized spacial score (nSPS) is 16.0. The van der Waals surface area contributed by atoms with E-state index >= 15 is 0 Å². The van der Waals surface area contributed by atoms with Crippen LogP contribution in [0.1, 0.15) is 52.8 Å². The number of hydrogen-bond donors (Lipinski definition) is 1. The van der Waals surface area contributed by atoms with Gasteiger partial charge in [-0.05, 0) is 30.0 Å². The van der Waals surface area contributed by atoms with E-state index in [1.165, 1.54) is 6.26 Å². The molecule has 1 aliphatic rings. The standard InChI is InChI=1S/C19H20N4O5S/c1-3-16-22-18(23-28-16)12-4-6-13-11(8-12)5-7-14(13)21-19(24)15-9-27-17(20-15)10-29(2,25)26/h4,6,8-9,14H,3,5,7,10H2,1-2H3,(H,21,24). The van der Waals surface area contributed by atoms with Gasteiger partial charge >= 0.3 is 0 Å². The Labute approximate surface area is 167 Å². The first-order valence-electron chi connectivity index (χ1n) is 9.21. The first-order valence-corrected chi connectivity index (χ1v) is 11.3. The summed E-state index contributed by atoms with van der Waals surface area (Å²) >= 11 is 0. The average Bonchev–Trinajstić information content (AvgIpc) is 3.39. The molecule has 0 bridgehead atoms. The fraction of sp³-hybridized carbons (Fsp3) is 0.368. The van der Waals surface area contributed by atoms with Gasteiger partial charge in [-0.15, -0.1) is 0 Å². The summed E-state index contributed by atoms with van der Waals surface area (Å²) in [6, 6.07) is 5.74. The number of carbonyl (C=O) groups excluding carboxylic acids is 1. The number of fused-ring (bicyclic) bond motifs is 1. The van der Waals surface area contributed by atoms with Gasteiger partial charge in [-0.2, -0.15) is 4.98 Å². The van der Waals surface area contributed by atoms with Crippen LogP contribution in [0.15, 0.2) is 33.4 Å². The lowest BCUT2D eigenvalue weighted by molar-refractivity contribution is 0.0931. The Morgan fingerprint density at radius 1 is 1.28 bits per heavy atom. The zero-order chi connectivity index (χ0) is 20.6. The minimum Gasteiger partial charge on any atom is -0.447 e. The van der Waals surface area contributed by atoms with Crippen molar-refractivity contribution in [1.82, 2.24) is 20.4 Å². The molecule has 0 aliphatic heterocycles. The number of carbonyl (C=O) groups is 1. The molecule has 152 valence electrons. The van der Waals surface area contributed by atoms with Crippen LogP contribution in [0.3, 0.4) is 0 Å². The monoisotopic (exact) mass is 416 g/mol.